The Morgan fingerprint density at radius 1 is 0.923 bits per heavy atom. The molecule has 0 atom stereocenters. The van der Waals surface area contributed by atoms with Gasteiger partial charge in [-0.25, -0.2) is 4.98 Å². The van der Waals surface area contributed by atoms with Crippen LogP contribution in [0, 0.1) is 0 Å². The number of nitrogens with one attached hydrogen (secondary N) is 2. The minimum absolute atomic E-state index is 0.116. The van der Waals surface area contributed by atoms with Gasteiger partial charge in [-0.15, -0.1) is 13.2 Å². The molecule has 2 N–H and O–H groups in total. The van der Waals surface area contributed by atoms with Crippen LogP contribution in [-0.4, -0.2) is 16.3 Å². The Kier molecular flexibility index (Phi) is 5.21. The average Bonchev–Trinajstić information content (AvgIpc) is 2.62. The molecule has 0 aliphatic carbocycles. The molecule has 0 radical (unpaired) electrons. The van der Waals surface area contributed by atoms with E-state index in [0.717, 1.165) is 5.56 Å². The molecule has 0 bridgehead atoms. The van der Waals surface area contributed by atoms with Gasteiger partial charge in [-0.2, -0.15) is 4.98 Å². The minimum Gasteiger partial charge on any atom is -0.404 e. The maximum absolute atomic E-state index is 12.5. The van der Waals surface area contributed by atoms with Gasteiger partial charge in [-0.1, -0.05) is 42.5 Å². The van der Waals surface area contributed by atoms with Gasteiger partial charge in [0.2, 0.25) is 5.95 Å². The first kappa shape index (κ1) is 17.5. The van der Waals surface area contributed by atoms with Gasteiger partial charge in [0.25, 0.3) is 0 Å². The molecule has 0 saturated carbocycles. The number of para-hydroxylation sites is 2. The second-order valence-electron chi connectivity index (χ2n) is 5.27. The molecule has 0 amide bonds. The lowest BCUT2D eigenvalue weighted by atomic mass is 10.2. The van der Waals surface area contributed by atoms with Crippen LogP contribution in [0.4, 0.5) is 30.6 Å². The lowest BCUT2D eigenvalue weighted by Crippen LogP contribution is -2.18. The molecule has 3 aromatic rings. The van der Waals surface area contributed by atoms with Crippen molar-refractivity contribution < 1.29 is 17.9 Å². The SMILES string of the molecule is FC(F)(F)Oc1ccccc1Nc1nccc(NCc2ccccc2)n1. The van der Waals surface area contributed by atoms with Crippen LogP contribution in [0.25, 0.3) is 0 Å². The Labute approximate surface area is 147 Å². The molecule has 0 spiro atoms. The fraction of sp³-hybridized carbons (Fsp3) is 0.111. The van der Waals surface area contributed by atoms with Crippen LogP contribution in [0.3, 0.4) is 0 Å². The number of ether oxygens (including phenoxy) is 1. The summed E-state index contributed by atoms with van der Waals surface area (Å²) in [6, 6.07) is 17.1. The summed E-state index contributed by atoms with van der Waals surface area (Å²) < 4.78 is 41.5. The number of aromatic nitrogens is 2. The summed E-state index contributed by atoms with van der Waals surface area (Å²) in [6.07, 6.45) is -3.27. The van der Waals surface area contributed by atoms with Crippen LogP contribution in [0.2, 0.25) is 0 Å². The van der Waals surface area contributed by atoms with Crippen LogP contribution in [0.5, 0.6) is 5.75 Å². The van der Waals surface area contributed by atoms with E-state index in [1.54, 1.807) is 12.1 Å². The Morgan fingerprint density at radius 2 is 1.65 bits per heavy atom. The summed E-state index contributed by atoms with van der Waals surface area (Å²) in [4.78, 5) is 8.28. The van der Waals surface area contributed by atoms with Crippen LogP contribution >= 0.6 is 0 Å². The second-order valence-corrected chi connectivity index (χ2v) is 5.27. The van der Waals surface area contributed by atoms with Crippen molar-refractivity contribution in [2.75, 3.05) is 10.6 Å². The third-order valence-electron chi connectivity index (χ3n) is 3.33. The first-order chi connectivity index (χ1) is 12.5. The van der Waals surface area contributed by atoms with E-state index in [-0.39, 0.29) is 17.4 Å². The maximum atomic E-state index is 12.5. The maximum Gasteiger partial charge on any atom is 0.573 e. The van der Waals surface area contributed by atoms with E-state index < -0.39 is 6.36 Å². The van der Waals surface area contributed by atoms with E-state index in [0.29, 0.717) is 12.4 Å². The predicted octanol–water partition coefficient (Wildman–Crippen LogP) is 4.73. The zero-order valence-corrected chi connectivity index (χ0v) is 13.5. The van der Waals surface area contributed by atoms with Gasteiger partial charge in [0.15, 0.2) is 5.75 Å². The van der Waals surface area contributed by atoms with Gasteiger partial charge in [0, 0.05) is 12.7 Å². The summed E-state index contributed by atoms with van der Waals surface area (Å²) in [5.41, 5.74) is 1.19. The fourth-order valence-electron chi connectivity index (χ4n) is 2.21. The number of halogens is 3. The summed E-state index contributed by atoms with van der Waals surface area (Å²) in [7, 11) is 0. The highest BCUT2D eigenvalue weighted by molar-refractivity contribution is 5.63. The highest BCUT2D eigenvalue weighted by atomic mass is 19.4. The van der Waals surface area contributed by atoms with Crippen molar-refractivity contribution in [2.24, 2.45) is 0 Å². The number of rotatable bonds is 6. The minimum atomic E-state index is -4.78. The van der Waals surface area contributed by atoms with Crippen molar-refractivity contribution in [3.8, 4) is 5.75 Å². The number of anilines is 3. The molecule has 26 heavy (non-hydrogen) atoms. The molecule has 2 aromatic carbocycles. The predicted molar refractivity (Wildman–Crippen MR) is 92.2 cm³/mol. The number of hydrogen-bond acceptors (Lipinski definition) is 5. The van der Waals surface area contributed by atoms with Crippen LogP contribution in [0.15, 0.2) is 66.9 Å². The van der Waals surface area contributed by atoms with Crippen molar-refractivity contribution >= 4 is 17.5 Å². The van der Waals surface area contributed by atoms with Crippen molar-refractivity contribution in [1.82, 2.24) is 9.97 Å². The van der Waals surface area contributed by atoms with Gasteiger partial charge >= 0.3 is 6.36 Å². The van der Waals surface area contributed by atoms with E-state index in [2.05, 4.69) is 25.3 Å². The van der Waals surface area contributed by atoms with Gasteiger partial charge in [-0.05, 0) is 23.8 Å². The van der Waals surface area contributed by atoms with Crippen molar-refractivity contribution in [3.05, 3.63) is 72.4 Å². The molecule has 0 saturated heterocycles. The highest BCUT2D eigenvalue weighted by Crippen LogP contribution is 2.31. The molecule has 5 nitrogen and oxygen atoms in total. The van der Waals surface area contributed by atoms with E-state index in [1.807, 2.05) is 30.3 Å². The van der Waals surface area contributed by atoms with Crippen LogP contribution in [-0.2, 0) is 6.54 Å². The Hall–Kier alpha value is -3.29. The number of hydrogen-bond donors (Lipinski definition) is 2. The molecule has 0 unspecified atom stereocenters. The topological polar surface area (TPSA) is 59.1 Å². The van der Waals surface area contributed by atoms with E-state index in [1.165, 1.54) is 24.4 Å². The monoisotopic (exact) mass is 360 g/mol. The van der Waals surface area contributed by atoms with Crippen molar-refractivity contribution in [3.63, 3.8) is 0 Å². The molecular formula is C18H15F3N4O. The van der Waals surface area contributed by atoms with E-state index >= 15 is 0 Å². The lowest BCUT2D eigenvalue weighted by Gasteiger charge is -2.14. The third-order valence-corrected chi connectivity index (χ3v) is 3.33. The Bertz CT molecular complexity index is 856. The summed E-state index contributed by atoms with van der Waals surface area (Å²) in [5.74, 6) is 0.341. The molecule has 0 fully saturated rings. The lowest BCUT2D eigenvalue weighted by molar-refractivity contribution is -0.274. The molecule has 0 aliphatic heterocycles. The second kappa shape index (κ2) is 7.73. The fourth-order valence-corrected chi connectivity index (χ4v) is 2.21. The van der Waals surface area contributed by atoms with Crippen molar-refractivity contribution in [1.29, 1.82) is 0 Å². The number of alkyl halides is 3. The molecule has 0 aliphatic rings. The third kappa shape index (κ3) is 5.10. The Balaban J connectivity index is 1.71. The molecule has 1 aromatic heterocycles. The summed E-state index contributed by atoms with van der Waals surface area (Å²) in [6.45, 7) is 0.561. The van der Waals surface area contributed by atoms with Crippen LogP contribution < -0.4 is 15.4 Å². The normalized spacial score (nSPS) is 11.0. The van der Waals surface area contributed by atoms with Crippen LogP contribution in [0.1, 0.15) is 5.56 Å². The van der Waals surface area contributed by atoms with Gasteiger partial charge in [-0.3, -0.25) is 0 Å². The number of benzene rings is 2. The Morgan fingerprint density at radius 3 is 2.42 bits per heavy atom. The van der Waals surface area contributed by atoms with Crippen molar-refractivity contribution in [2.45, 2.75) is 12.9 Å². The van der Waals surface area contributed by atoms with E-state index in [9.17, 15) is 13.2 Å². The smallest absolute Gasteiger partial charge is 0.404 e. The van der Waals surface area contributed by atoms with E-state index in [4.69, 9.17) is 0 Å². The molecular weight excluding hydrogens is 345 g/mol. The first-order valence-electron chi connectivity index (χ1n) is 7.72. The average molecular weight is 360 g/mol. The summed E-state index contributed by atoms with van der Waals surface area (Å²) in [5, 5.41) is 5.88. The quantitative estimate of drug-likeness (QED) is 0.665. The highest BCUT2D eigenvalue weighted by Gasteiger charge is 2.32. The molecule has 1 heterocycles. The zero-order valence-electron chi connectivity index (χ0n) is 13.5. The van der Waals surface area contributed by atoms with Gasteiger partial charge in [0.1, 0.15) is 5.82 Å². The largest absolute Gasteiger partial charge is 0.573 e. The standard InChI is InChI=1S/C18H15F3N4O/c19-18(20,21)26-15-9-5-4-8-14(15)24-17-22-11-10-16(25-17)23-12-13-6-2-1-3-7-13/h1-11H,12H2,(H2,22,23,24,25). The first-order valence-corrected chi connectivity index (χ1v) is 7.72. The van der Waals surface area contributed by atoms with Gasteiger partial charge < -0.3 is 15.4 Å². The summed E-state index contributed by atoms with van der Waals surface area (Å²) >= 11 is 0. The van der Waals surface area contributed by atoms with Gasteiger partial charge in [0.05, 0.1) is 5.69 Å². The zero-order chi connectivity index (χ0) is 18.4. The molecule has 134 valence electrons. The number of nitrogens with zero attached hydrogens (tertiary/aromatic N) is 2. The molecule has 8 heteroatoms. The molecule has 3 rings (SSSR count).